The van der Waals surface area contributed by atoms with Gasteiger partial charge in [-0.2, -0.15) is 18.3 Å². The topological polar surface area (TPSA) is 111 Å². The summed E-state index contributed by atoms with van der Waals surface area (Å²) in [5.41, 5.74) is -0.892. The predicted octanol–water partition coefficient (Wildman–Crippen LogP) is 6.73. The van der Waals surface area contributed by atoms with E-state index in [2.05, 4.69) is 10.5 Å². The molecule has 0 fully saturated rings. The number of benzene rings is 3. The van der Waals surface area contributed by atoms with Gasteiger partial charge < -0.3 is 0 Å². The summed E-state index contributed by atoms with van der Waals surface area (Å²) in [7, 11) is 0. The zero-order chi connectivity index (χ0) is 24.9. The van der Waals surface area contributed by atoms with E-state index >= 15 is 0 Å². The van der Waals surface area contributed by atoms with Gasteiger partial charge in [0.1, 0.15) is 0 Å². The van der Waals surface area contributed by atoms with Crippen LogP contribution in [0.3, 0.4) is 0 Å². The van der Waals surface area contributed by atoms with Crippen LogP contribution in [0.15, 0.2) is 77.9 Å². The van der Waals surface area contributed by atoms with Gasteiger partial charge in [0.25, 0.3) is 0 Å². The molecule has 0 aliphatic rings. The quantitative estimate of drug-likeness (QED) is 0.171. The third-order valence-corrected chi connectivity index (χ3v) is 4.96. The van der Waals surface area contributed by atoms with E-state index in [0.717, 1.165) is 0 Å². The standard InChI is InChI=1S/C22H14ClF3N4O4/c23-20(15-9-5-2-6-10-15)17(14-7-3-1-4-8-14)13-27-28-21-18(29(31)32)11-16(22(24,25)26)12-19(21)30(33)34/h1-13,28H/b20-17-,27-13?. The summed E-state index contributed by atoms with van der Waals surface area (Å²) in [6.07, 6.45) is -3.85. The highest BCUT2D eigenvalue weighted by Crippen LogP contribution is 2.41. The Kier molecular flexibility index (Phi) is 7.27. The SMILES string of the molecule is O=[N+]([O-])c1cc(C(F)(F)F)cc([N+](=O)[O-])c1NN=C/C(=C(/Cl)c1ccccc1)c1ccccc1. The van der Waals surface area contributed by atoms with Crippen molar-refractivity contribution >= 4 is 45.5 Å². The predicted molar refractivity (Wildman–Crippen MR) is 122 cm³/mol. The van der Waals surface area contributed by atoms with Crippen LogP contribution in [0.25, 0.3) is 10.6 Å². The second-order valence-corrected chi connectivity index (χ2v) is 7.11. The van der Waals surface area contributed by atoms with Crippen molar-refractivity contribution in [1.82, 2.24) is 0 Å². The summed E-state index contributed by atoms with van der Waals surface area (Å²) in [4.78, 5) is 20.4. The van der Waals surface area contributed by atoms with Crippen LogP contribution in [-0.4, -0.2) is 16.1 Å². The molecule has 0 aliphatic heterocycles. The number of alkyl halides is 3. The molecule has 0 heterocycles. The number of rotatable bonds is 7. The molecule has 0 radical (unpaired) electrons. The van der Waals surface area contributed by atoms with Gasteiger partial charge in [0.2, 0.25) is 5.69 Å². The number of nitrogens with zero attached hydrogens (tertiary/aromatic N) is 3. The fourth-order valence-corrected chi connectivity index (χ4v) is 3.24. The number of nitro benzene ring substituents is 2. The van der Waals surface area contributed by atoms with Crippen LogP contribution in [-0.2, 0) is 6.18 Å². The second-order valence-electron chi connectivity index (χ2n) is 6.73. The molecule has 0 amide bonds. The minimum Gasteiger partial charge on any atom is -0.266 e. The molecule has 3 aromatic carbocycles. The van der Waals surface area contributed by atoms with Crippen LogP contribution in [0.4, 0.5) is 30.2 Å². The fourth-order valence-electron chi connectivity index (χ4n) is 2.96. The van der Waals surface area contributed by atoms with E-state index in [-0.39, 0.29) is 17.2 Å². The van der Waals surface area contributed by atoms with Gasteiger partial charge in [0, 0.05) is 17.7 Å². The number of anilines is 1. The molecule has 3 rings (SSSR count). The van der Waals surface area contributed by atoms with Gasteiger partial charge in [0.15, 0.2) is 0 Å². The molecule has 0 aliphatic carbocycles. The van der Waals surface area contributed by atoms with Crippen LogP contribution in [0.2, 0.25) is 0 Å². The third-order valence-electron chi connectivity index (χ3n) is 4.54. The van der Waals surface area contributed by atoms with Crippen LogP contribution < -0.4 is 5.43 Å². The van der Waals surface area contributed by atoms with Crippen molar-refractivity contribution < 1.29 is 23.0 Å². The van der Waals surface area contributed by atoms with Gasteiger partial charge in [-0.3, -0.25) is 25.7 Å². The normalized spacial score (nSPS) is 12.4. The molecule has 3 aromatic rings. The van der Waals surface area contributed by atoms with Crippen molar-refractivity contribution in [2.45, 2.75) is 6.18 Å². The molecule has 8 nitrogen and oxygen atoms in total. The Balaban J connectivity index is 2.10. The Bertz CT molecular complexity index is 1250. The Labute approximate surface area is 195 Å². The average Bonchev–Trinajstić information content (AvgIpc) is 2.81. The Hall–Kier alpha value is -4.25. The minimum absolute atomic E-state index is 0.204. The average molecular weight is 491 g/mol. The highest BCUT2D eigenvalue weighted by molar-refractivity contribution is 6.56. The first-order valence-electron chi connectivity index (χ1n) is 9.43. The number of hydrazone groups is 1. The zero-order valence-electron chi connectivity index (χ0n) is 17.0. The molecule has 174 valence electrons. The van der Waals surface area contributed by atoms with Gasteiger partial charge >= 0.3 is 17.6 Å². The lowest BCUT2D eigenvalue weighted by Gasteiger charge is -2.10. The Morgan fingerprint density at radius 1 is 0.882 bits per heavy atom. The maximum absolute atomic E-state index is 13.1. The molecule has 12 heteroatoms. The highest BCUT2D eigenvalue weighted by Gasteiger charge is 2.37. The maximum Gasteiger partial charge on any atom is 0.416 e. The van der Waals surface area contributed by atoms with Gasteiger partial charge in [-0.25, -0.2) is 0 Å². The van der Waals surface area contributed by atoms with Crippen molar-refractivity contribution in [3.63, 3.8) is 0 Å². The zero-order valence-corrected chi connectivity index (χ0v) is 17.7. The van der Waals surface area contributed by atoms with E-state index < -0.39 is 38.6 Å². The molecule has 0 aromatic heterocycles. The van der Waals surface area contributed by atoms with Crippen LogP contribution in [0.5, 0.6) is 0 Å². The Morgan fingerprint density at radius 3 is 1.79 bits per heavy atom. The van der Waals surface area contributed by atoms with Crippen molar-refractivity contribution in [3.8, 4) is 0 Å². The smallest absolute Gasteiger partial charge is 0.266 e. The lowest BCUT2D eigenvalue weighted by molar-refractivity contribution is -0.392. The molecule has 0 bridgehead atoms. The van der Waals surface area contributed by atoms with Crippen LogP contribution in [0.1, 0.15) is 16.7 Å². The van der Waals surface area contributed by atoms with Gasteiger partial charge in [-0.1, -0.05) is 72.3 Å². The summed E-state index contributed by atoms with van der Waals surface area (Å²) < 4.78 is 39.3. The molecule has 0 saturated carbocycles. The second kappa shape index (κ2) is 10.1. The molecule has 0 spiro atoms. The van der Waals surface area contributed by atoms with E-state index in [1.807, 2.05) is 0 Å². The van der Waals surface area contributed by atoms with Crippen molar-refractivity contribution in [1.29, 1.82) is 0 Å². The van der Waals surface area contributed by atoms with Crippen LogP contribution in [0, 0.1) is 20.2 Å². The largest absolute Gasteiger partial charge is 0.416 e. The molecular formula is C22H14ClF3N4O4. The summed E-state index contributed by atoms with van der Waals surface area (Å²) >= 11 is 6.54. The van der Waals surface area contributed by atoms with E-state index in [1.165, 1.54) is 6.21 Å². The number of allylic oxidation sites excluding steroid dienone is 1. The molecule has 0 saturated heterocycles. The van der Waals surface area contributed by atoms with E-state index in [4.69, 9.17) is 11.6 Å². The first-order valence-corrected chi connectivity index (χ1v) is 9.81. The van der Waals surface area contributed by atoms with Gasteiger partial charge in [-0.15, -0.1) is 0 Å². The van der Waals surface area contributed by atoms with Gasteiger partial charge in [0.05, 0.1) is 26.7 Å². The monoisotopic (exact) mass is 490 g/mol. The number of halogens is 4. The summed E-state index contributed by atoms with van der Waals surface area (Å²) in [5.74, 6) is 0. The van der Waals surface area contributed by atoms with Crippen molar-refractivity contribution in [2.24, 2.45) is 5.10 Å². The number of hydrogen-bond acceptors (Lipinski definition) is 6. The molecular weight excluding hydrogens is 477 g/mol. The van der Waals surface area contributed by atoms with E-state index in [9.17, 15) is 33.4 Å². The van der Waals surface area contributed by atoms with E-state index in [0.29, 0.717) is 16.7 Å². The first kappa shape index (κ1) is 24.4. The van der Waals surface area contributed by atoms with Crippen LogP contribution >= 0.6 is 11.6 Å². The molecule has 0 unspecified atom stereocenters. The van der Waals surface area contributed by atoms with Crippen molar-refractivity contribution in [3.05, 3.63) is 110 Å². The molecule has 34 heavy (non-hydrogen) atoms. The highest BCUT2D eigenvalue weighted by atomic mass is 35.5. The fraction of sp³-hybridized carbons (Fsp3) is 0.0455. The van der Waals surface area contributed by atoms with Gasteiger partial charge in [-0.05, 0) is 11.1 Å². The number of hydrogen-bond donors (Lipinski definition) is 1. The van der Waals surface area contributed by atoms with E-state index in [1.54, 1.807) is 60.7 Å². The Morgan fingerprint density at radius 2 is 1.35 bits per heavy atom. The number of nitrogens with one attached hydrogen (secondary N) is 1. The first-order chi connectivity index (χ1) is 16.1. The summed E-state index contributed by atoms with van der Waals surface area (Å²) in [6, 6.07) is 17.8. The molecule has 0 atom stereocenters. The summed E-state index contributed by atoms with van der Waals surface area (Å²) in [6.45, 7) is 0. The maximum atomic E-state index is 13.1. The molecule has 1 N–H and O–H groups in total. The summed E-state index contributed by atoms with van der Waals surface area (Å²) in [5, 5.41) is 26.9. The number of nitro groups is 2. The lowest BCUT2D eigenvalue weighted by atomic mass is 10.0. The minimum atomic E-state index is -5.02. The van der Waals surface area contributed by atoms with Crippen molar-refractivity contribution in [2.75, 3.05) is 5.43 Å². The lowest BCUT2D eigenvalue weighted by Crippen LogP contribution is -2.09. The third kappa shape index (κ3) is 5.56.